The topological polar surface area (TPSA) is 101 Å². The Kier molecular flexibility index (Phi) is 6.00. The van der Waals surface area contributed by atoms with Gasteiger partial charge in [-0.2, -0.15) is 10.2 Å². The maximum Gasteiger partial charge on any atom is 0.229 e. The lowest BCUT2D eigenvalue weighted by Gasteiger charge is -2.15. The number of nitrogens with zero attached hydrogens (tertiary/aromatic N) is 3. The Balaban J connectivity index is 1.87. The molecule has 3 aromatic rings. The van der Waals surface area contributed by atoms with Crippen LogP contribution in [0.2, 0.25) is 0 Å². The van der Waals surface area contributed by atoms with Gasteiger partial charge in [-0.15, -0.1) is 0 Å². The van der Waals surface area contributed by atoms with E-state index in [0.717, 1.165) is 17.1 Å². The van der Waals surface area contributed by atoms with Crippen LogP contribution in [0.5, 0.6) is 17.2 Å². The van der Waals surface area contributed by atoms with Crippen molar-refractivity contribution in [1.29, 1.82) is 5.26 Å². The Hall–Kier alpha value is -3.99. The van der Waals surface area contributed by atoms with Crippen molar-refractivity contribution in [1.82, 2.24) is 9.97 Å². The fourth-order valence-electron chi connectivity index (χ4n) is 2.75. The minimum Gasteiger partial charge on any atom is -0.493 e. The van der Waals surface area contributed by atoms with Crippen molar-refractivity contribution in [3.8, 4) is 23.3 Å². The second-order valence-corrected chi connectivity index (χ2v) is 6.07. The van der Waals surface area contributed by atoms with Crippen molar-refractivity contribution in [2.45, 2.75) is 6.92 Å². The molecule has 148 valence electrons. The van der Waals surface area contributed by atoms with Crippen LogP contribution in [-0.4, -0.2) is 31.3 Å². The zero-order valence-electron chi connectivity index (χ0n) is 16.6. The summed E-state index contributed by atoms with van der Waals surface area (Å²) in [5, 5.41) is 15.3. The molecule has 8 nitrogen and oxygen atoms in total. The van der Waals surface area contributed by atoms with Gasteiger partial charge >= 0.3 is 0 Å². The Morgan fingerprint density at radius 2 is 1.48 bits per heavy atom. The molecular weight excluding hydrogens is 370 g/mol. The Morgan fingerprint density at radius 1 is 0.828 bits per heavy atom. The van der Waals surface area contributed by atoms with E-state index in [-0.39, 0.29) is 0 Å². The third kappa shape index (κ3) is 4.65. The summed E-state index contributed by atoms with van der Waals surface area (Å²) in [5.41, 5.74) is 2.88. The van der Waals surface area contributed by atoms with Crippen LogP contribution in [0.3, 0.4) is 0 Å². The van der Waals surface area contributed by atoms with Gasteiger partial charge in [0.1, 0.15) is 5.82 Å². The number of nitriles is 1. The van der Waals surface area contributed by atoms with E-state index in [4.69, 9.17) is 19.5 Å². The van der Waals surface area contributed by atoms with E-state index in [1.807, 2.05) is 13.0 Å². The van der Waals surface area contributed by atoms with Gasteiger partial charge in [0.05, 0.1) is 33.0 Å². The van der Waals surface area contributed by atoms with Gasteiger partial charge in [-0.25, -0.2) is 4.98 Å². The summed E-state index contributed by atoms with van der Waals surface area (Å²) < 4.78 is 16.1. The molecule has 0 saturated carbocycles. The molecule has 8 heteroatoms. The normalized spacial score (nSPS) is 10.0. The highest BCUT2D eigenvalue weighted by molar-refractivity contribution is 5.67. The van der Waals surface area contributed by atoms with Gasteiger partial charge in [-0.3, -0.25) is 0 Å². The Labute approximate surface area is 169 Å². The van der Waals surface area contributed by atoms with Gasteiger partial charge in [0.2, 0.25) is 11.7 Å². The summed E-state index contributed by atoms with van der Waals surface area (Å²) in [5.74, 6) is 2.63. The Bertz CT molecular complexity index is 1020. The zero-order valence-corrected chi connectivity index (χ0v) is 16.6. The molecule has 0 unspecified atom stereocenters. The van der Waals surface area contributed by atoms with Crippen molar-refractivity contribution < 1.29 is 14.2 Å². The van der Waals surface area contributed by atoms with Crippen LogP contribution in [0.25, 0.3) is 0 Å². The van der Waals surface area contributed by atoms with Crippen molar-refractivity contribution >= 4 is 23.1 Å². The van der Waals surface area contributed by atoms with E-state index >= 15 is 0 Å². The number of anilines is 4. The number of aryl methyl sites for hydroxylation is 1. The molecule has 0 atom stereocenters. The molecule has 0 amide bonds. The minimum atomic E-state index is 0.435. The molecule has 0 fully saturated rings. The summed E-state index contributed by atoms with van der Waals surface area (Å²) in [6.07, 6.45) is 0. The predicted molar refractivity (Wildman–Crippen MR) is 111 cm³/mol. The predicted octanol–water partition coefficient (Wildman–Crippen LogP) is 4.17. The molecule has 2 aromatic carbocycles. The second-order valence-electron chi connectivity index (χ2n) is 6.07. The third-order valence-electron chi connectivity index (χ3n) is 4.06. The number of methoxy groups -OCH3 is 3. The Morgan fingerprint density at radius 3 is 2.03 bits per heavy atom. The molecule has 1 heterocycles. The van der Waals surface area contributed by atoms with Gasteiger partial charge in [0.15, 0.2) is 11.5 Å². The summed E-state index contributed by atoms with van der Waals surface area (Å²) in [4.78, 5) is 8.92. The smallest absolute Gasteiger partial charge is 0.229 e. The van der Waals surface area contributed by atoms with Crippen LogP contribution in [0.1, 0.15) is 11.3 Å². The van der Waals surface area contributed by atoms with E-state index in [1.54, 1.807) is 57.7 Å². The number of benzene rings is 2. The quantitative estimate of drug-likeness (QED) is 0.619. The highest BCUT2D eigenvalue weighted by atomic mass is 16.5. The summed E-state index contributed by atoms with van der Waals surface area (Å²) in [6, 6.07) is 14.6. The SMILES string of the molecule is COc1cc(Nc2cc(C)nc(Nc3ccc(C#N)cc3)n2)cc(OC)c1OC. The molecule has 1 aromatic heterocycles. The first-order valence-electron chi connectivity index (χ1n) is 8.76. The van der Waals surface area contributed by atoms with E-state index in [2.05, 4.69) is 26.7 Å². The average molecular weight is 391 g/mol. The molecule has 0 aliphatic heterocycles. The maximum absolute atomic E-state index is 8.91. The zero-order chi connectivity index (χ0) is 20.8. The number of hydrogen-bond acceptors (Lipinski definition) is 8. The van der Waals surface area contributed by atoms with Gasteiger partial charge in [-0.05, 0) is 31.2 Å². The largest absolute Gasteiger partial charge is 0.493 e. The first-order valence-corrected chi connectivity index (χ1v) is 8.76. The monoisotopic (exact) mass is 391 g/mol. The molecule has 0 spiro atoms. The van der Waals surface area contributed by atoms with Crippen LogP contribution < -0.4 is 24.8 Å². The van der Waals surface area contributed by atoms with E-state index in [9.17, 15) is 0 Å². The van der Waals surface area contributed by atoms with Crippen molar-refractivity contribution in [2.24, 2.45) is 0 Å². The molecule has 0 saturated heterocycles. The van der Waals surface area contributed by atoms with Gasteiger partial charge in [0.25, 0.3) is 0 Å². The van der Waals surface area contributed by atoms with Crippen LogP contribution in [0, 0.1) is 18.3 Å². The van der Waals surface area contributed by atoms with Gasteiger partial charge in [-0.1, -0.05) is 0 Å². The number of nitrogens with one attached hydrogen (secondary N) is 2. The molecule has 29 heavy (non-hydrogen) atoms. The van der Waals surface area contributed by atoms with Crippen molar-refractivity contribution in [2.75, 3.05) is 32.0 Å². The molecule has 3 rings (SSSR count). The standard InChI is InChI=1S/C21H21N5O3/c1-13-9-19(24-16-10-17(27-2)20(29-4)18(11-16)28-3)26-21(23-13)25-15-7-5-14(12-22)6-8-15/h5-11H,1-4H3,(H2,23,24,25,26). The second kappa shape index (κ2) is 8.80. The van der Waals surface area contributed by atoms with Gasteiger partial charge in [0, 0.05) is 35.3 Å². The van der Waals surface area contributed by atoms with E-state index < -0.39 is 0 Å². The maximum atomic E-state index is 8.91. The third-order valence-corrected chi connectivity index (χ3v) is 4.06. The fraction of sp³-hybridized carbons (Fsp3) is 0.190. The van der Waals surface area contributed by atoms with E-state index in [1.165, 1.54) is 0 Å². The fourth-order valence-corrected chi connectivity index (χ4v) is 2.75. The average Bonchev–Trinajstić information content (AvgIpc) is 2.73. The lowest BCUT2D eigenvalue weighted by Crippen LogP contribution is -2.03. The summed E-state index contributed by atoms with van der Waals surface area (Å²) >= 11 is 0. The number of ether oxygens (including phenoxy) is 3. The highest BCUT2D eigenvalue weighted by Gasteiger charge is 2.14. The lowest BCUT2D eigenvalue weighted by atomic mass is 10.2. The summed E-state index contributed by atoms with van der Waals surface area (Å²) in [6.45, 7) is 1.88. The van der Waals surface area contributed by atoms with Crippen LogP contribution in [0.4, 0.5) is 23.1 Å². The lowest BCUT2D eigenvalue weighted by molar-refractivity contribution is 0.324. The molecule has 0 bridgehead atoms. The van der Waals surface area contributed by atoms with Crippen LogP contribution in [0.15, 0.2) is 42.5 Å². The molecule has 0 aliphatic carbocycles. The van der Waals surface area contributed by atoms with Crippen LogP contribution >= 0.6 is 0 Å². The van der Waals surface area contributed by atoms with Crippen molar-refractivity contribution in [3.05, 3.63) is 53.7 Å². The van der Waals surface area contributed by atoms with Crippen molar-refractivity contribution in [3.63, 3.8) is 0 Å². The van der Waals surface area contributed by atoms with Crippen LogP contribution in [-0.2, 0) is 0 Å². The van der Waals surface area contributed by atoms with E-state index in [0.29, 0.717) is 34.6 Å². The molecule has 0 radical (unpaired) electrons. The minimum absolute atomic E-state index is 0.435. The number of aromatic nitrogens is 2. The summed E-state index contributed by atoms with van der Waals surface area (Å²) in [7, 11) is 4.69. The molecule has 2 N–H and O–H groups in total. The first-order chi connectivity index (χ1) is 14.1. The number of hydrogen-bond donors (Lipinski definition) is 2. The van der Waals surface area contributed by atoms with Gasteiger partial charge < -0.3 is 24.8 Å². The highest BCUT2D eigenvalue weighted by Crippen LogP contribution is 2.40. The molecule has 0 aliphatic rings. The molecular formula is C21H21N5O3. The number of rotatable bonds is 7. The first kappa shape index (κ1) is 19.8.